The number of aromatic nitrogens is 5. The number of hydrogen-bond donors (Lipinski definition) is 0. The standard InChI is InChI=1S/C15H21ClN6O/c1-10(2)8-21-9-17-19-14(21)11-5-4-6-22(11)12-7-18-20(3)15(23)13(12)16/h7,9-11H,4-6,8H2,1-3H3. The number of rotatable bonds is 4. The number of hydrogen-bond acceptors (Lipinski definition) is 5. The minimum atomic E-state index is -0.279. The summed E-state index contributed by atoms with van der Waals surface area (Å²) in [4.78, 5) is 14.2. The first-order valence-electron chi connectivity index (χ1n) is 7.85. The Kier molecular flexibility index (Phi) is 4.39. The van der Waals surface area contributed by atoms with Crippen LogP contribution in [0.4, 0.5) is 5.69 Å². The third-order valence-electron chi connectivity index (χ3n) is 4.13. The lowest BCUT2D eigenvalue weighted by molar-refractivity contribution is 0.487. The Morgan fingerprint density at radius 3 is 2.96 bits per heavy atom. The van der Waals surface area contributed by atoms with Gasteiger partial charge in [0.1, 0.15) is 11.3 Å². The van der Waals surface area contributed by atoms with E-state index in [0.29, 0.717) is 11.6 Å². The molecule has 3 heterocycles. The maximum Gasteiger partial charge on any atom is 0.287 e. The van der Waals surface area contributed by atoms with Crippen molar-refractivity contribution < 1.29 is 0 Å². The van der Waals surface area contributed by atoms with E-state index in [1.54, 1.807) is 19.6 Å². The molecule has 1 saturated heterocycles. The number of halogens is 1. The maximum atomic E-state index is 12.1. The average molecular weight is 337 g/mol. The molecule has 0 amide bonds. The van der Waals surface area contributed by atoms with Crippen LogP contribution in [0.1, 0.15) is 38.6 Å². The third kappa shape index (κ3) is 2.97. The molecule has 3 rings (SSSR count). The summed E-state index contributed by atoms with van der Waals surface area (Å²) in [7, 11) is 1.60. The first kappa shape index (κ1) is 16.0. The second-order valence-corrected chi connectivity index (χ2v) is 6.74. The Hall–Kier alpha value is -1.89. The van der Waals surface area contributed by atoms with Gasteiger partial charge in [-0.3, -0.25) is 4.79 Å². The molecule has 1 aliphatic heterocycles. The molecule has 1 unspecified atom stereocenters. The van der Waals surface area contributed by atoms with Gasteiger partial charge in [0.05, 0.1) is 17.9 Å². The van der Waals surface area contributed by atoms with Gasteiger partial charge in [0.15, 0.2) is 5.82 Å². The molecule has 2 aromatic rings. The maximum absolute atomic E-state index is 12.1. The summed E-state index contributed by atoms with van der Waals surface area (Å²) in [6.07, 6.45) is 5.41. The summed E-state index contributed by atoms with van der Waals surface area (Å²) in [5.41, 5.74) is 0.398. The zero-order valence-electron chi connectivity index (χ0n) is 13.6. The molecule has 2 aromatic heterocycles. The Balaban J connectivity index is 1.97. The van der Waals surface area contributed by atoms with Crippen LogP contribution in [0.3, 0.4) is 0 Å². The van der Waals surface area contributed by atoms with Gasteiger partial charge in [-0.2, -0.15) is 5.10 Å². The zero-order valence-corrected chi connectivity index (χ0v) is 14.4. The molecule has 0 radical (unpaired) electrons. The zero-order chi connectivity index (χ0) is 16.6. The van der Waals surface area contributed by atoms with Crippen LogP contribution in [0.2, 0.25) is 5.02 Å². The van der Waals surface area contributed by atoms with E-state index in [0.717, 1.165) is 31.8 Å². The van der Waals surface area contributed by atoms with E-state index in [4.69, 9.17) is 11.6 Å². The van der Waals surface area contributed by atoms with Gasteiger partial charge in [0.25, 0.3) is 5.56 Å². The summed E-state index contributed by atoms with van der Waals surface area (Å²) in [5, 5.41) is 12.7. The summed E-state index contributed by atoms with van der Waals surface area (Å²) < 4.78 is 3.34. The van der Waals surface area contributed by atoms with Crippen molar-refractivity contribution in [3.8, 4) is 0 Å². The molecule has 7 nitrogen and oxygen atoms in total. The van der Waals surface area contributed by atoms with E-state index in [1.165, 1.54) is 4.68 Å². The number of nitrogens with zero attached hydrogens (tertiary/aromatic N) is 6. The second kappa shape index (κ2) is 6.31. The first-order valence-corrected chi connectivity index (χ1v) is 8.23. The van der Waals surface area contributed by atoms with Crippen LogP contribution < -0.4 is 10.5 Å². The van der Waals surface area contributed by atoms with Gasteiger partial charge in [-0.15, -0.1) is 10.2 Å². The van der Waals surface area contributed by atoms with E-state index in [9.17, 15) is 4.79 Å². The molecule has 1 atom stereocenters. The number of aryl methyl sites for hydroxylation is 1. The summed E-state index contributed by atoms with van der Waals surface area (Å²) >= 11 is 6.27. The molecular weight excluding hydrogens is 316 g/mol. The fourth-order valence-electron chi connectivity index (χ4n) is 3.08. The molecule has 124 valence electrons. The van der Waals surface area contributed by atoms with Crippen LogP contribution in [0.15, 0.2) is 17.3 Å². The van der Waals surface area contributed by atoms with E-state index in [-0.39, 0.29) is 16.6 Å². The lowest BCUT2D eigenvalue weighted by Crippen LogP contribution is -2.29. The molecule has 1 fully saturated rings. The fraction of sp³-hybridized carbons (Fsp3) is 0.600. The normalized spacial score (nSPS) is 18.1. The average Bonchev–Trinajstić information content (AvgIpc) is 3.13. The highest BCUT2D eigenvalue weighted by Gasteiger charge is 2.32. The van der Waals surface area contributed by atoms with Gasteiger partial charge in [0.2, 0.25) is 0 Å². The Labute approximate surface area is 139 Å². The Morgan fingerprint density at radius 2 is 2.22 bits per heavy atom. The van der Waals surface area contributed by atoms with E-state index in [2.05, 4.69) is 38.6 Å². The fourth-order valence-corrected chi connectivity index (χ4v) is 3.36. The predicted octanol–water partition coefficient (Wildman–Crippen LogP) is 2.02. The molecule has 0 bridgehead atoms. The number of anilines is 1. The smallest absolute Gasteiger partial charge is 0.287 e. The molecule has 0 spiro atoms. The molecule has 0 saturated carbocycles. The van der Waals surface area contributed by atoms with Gasteiger partial charge < -0.3 is 9.47 Å². The molecule has 8 heteroatoms. The topological polar surface area (TPSA) is 68.8 Å². The molecule has 0 aliphatic carbocycles. The monoisotopic (exact) mass is 336 g/mol. The minimum Gasteiger partial charge on any atom is -0.359 e. The van der Waals surface area contributed by atoms with Crippen molar-refractivity contribution in [3.05, 3.63) is 33.7 Å². The SMILES string of the molecule is CC(C)Cn1cnnc1C1CCCN1c1cnn(C)c(=O)c1Cl. The Morgan fingerprint density at radius 1 is 1.43 bits per heavy atom. The van der Waals surface area contributed by atoms with Gasteiger partial charge in [-0.25, -0.2) is 4.68 Å². The van der Waals surface area contributed by atoms with Crippen molar-refractivity contribution in [2.24, 2.45) is 13.0 Å². The second-order valence-electron chi connectivity index (χ2n) is 6.36. The summed E-state index contributed by atoms with van der Waals surface area (Å²) in [6, 6.07) is 0.0719. The minimum absolute atomic E-state index is 0.0719. The third-order valence-corrected chi connectivity index (χ3v) is 4.48. The van der Waals surface area contributed by atoms with Crippen molar-refractivity contribution in [3.63, 3.8) is 0 Å². The van der Waals surface area contributed by atoms with Gasteiger partial charge >= 0.3 is 0 Å². The van der Waals surface area contributed by atoms with Crippen LogP contribution in [0.5, 0.6) is 0 Å². The Bertz CT molecular complexity index is 753. The van der Waals surface area contributed by atoms with E-state index < -0.39 is 0 Å². The van der Waals surface area contributed by atoms with Gasteiger partial charge in [0, 0.05) is 20.1 Å². The summed E-state index contributed by atoms with van der Waals surface area (Å²) in [5.74, 6) is 1.43. The van der Waals surface area contributed by atoms with E-state index >= 15 is 0 Å². The molecule has 1 aliphatic rings. The summed E-state index contributed by atoms with van der Waals surface area (Å²) in [6.45, 7) is 6.03. The van der Waals surface area contributed by atoms with Crippen molar-refractivity contribution in [2.45, 2.75) is 39.3 Å². The predicted molar refractivity (Wildman–Crippen MR) is 88.7 cm³/mol. The lowest BCUT2D eigenvalue weighted by atomic mass is 10.1. The highest BCUT2D eigenvalue weighted by molar-refractivity contribution is 6.33. The van der Waals surface area contributed by atoms with Crippen LogP contribution in [0.25, 0.3) is 0 Å². The van der Waals surface area contributed by atoms with Crippen LogP contribution in [0, 0.1) is 5.92 Å². The van der Waals surface area contributed by atoms with Gasteiger partial charge in [-0.1, -0.05) is 25.4 Å². The highest BCUT2D eigenvalue weighted by atomic mass is 35.5. The van der Waals surface area contributed by atoms with Crippen molar-refractivity contribution in [1.29, 1.82) is 0 Å². The lowest BCUT2D eigenvalue weighted by Gasteiger charge is -2.27. The van der Waals surface area contributed by atoms with Crippen LogP contribution in [-0.4, -0.2) is 31.1 Å². The first-order chi connectivity index (χ1) is 11.0. The molecule has 0 N–H and O–H groups in total. The molecule has 23 heavy (non-hydrogen) atoms. The van der Waals surface area contributed by atoms with Crippen LogP contribution >= 0.6 is 11.6 Å². The van der Waals surface area contributed by atoms with Crippen LogP contribution in [-0.2, 0) is 13.6 Å². The van der Waals surface area contributed by atoms with Crippen molar-refractivity contribution in [2.75, 3.05) is 11.4 Å². The van der Waals surface area contributed by atoms with Crippen molar-refractivity contribution in [1.82, 2.24) is 24.5 Å². The molecule has 0 aromatic carbocycles. The molecular formula is C15H21ClN6O. The highest BCUT2D eigenvalue weighted by Crippen LogP contribution is 2.37. The van der Waals surface area contributed by atoms with Crippen molar-refractivity contribution >= 4 is 17.3 Å². The van der Waals surface area contributed by atoms with Gasteiger partial charge in [-0.05, 0) is 18.8 Å². The quantitative estimate of drug-likeness (QED) is 0.854. The largest absolute Gasteiger partial charge is 0.359 e. The van der Waals surface area contributed by atoms with E-state index in [1.807, 2.05) is 0 Å².